The van der Waals surface area contributed by atoms with Crippen molar-refractivity contribution in [2.45, 2.75) is 6.92 Å². The molecule has 0 atom stereocenters. The van der Waals surface area contributed by atoms with Crippen LogP contribution in [0.2, 0.25) is 0 Å². The van der Waals surface area contributed by atoms with Crippen molar-refractivity contribution in [2.75, 3.05) is 13.2 Å². The molecular weight excluding hydrogens is 510 g/mol. The van der Waals surface area contributed by atoms with Crippen molar-refractivity contribution in [2.24, 2.45) is 5.10 Å². The highest BCUT2D eigenvalue weighted by atomic mass is 79.9. The molecule has 0 aliphatic carbocycles. The van der Waals surface area contributed by atoms with Gasteiger partial charge in [-0.05, 0) is 68.6 Å². The van der Waals surface area contributed by atoms with E-state index in [2.05, 4.69) is 41.9 Å². The van der Waals surface area contributed by atoms with Crippen molar-refractivity contribution in [3.63, 3.8) is 0 Å². The molecule has 0 aliphatic rings. The summed E-state index contributed by atoms with van der Waals surface area (Å²) in [5.74, 6) is -0.0669. The van der Waals surface area contributed by atoms with Gasteiger partial charge in [0.05, 0.1) is 32.7 Å². The molecule has 1 N–H and O–H groups in total. The van der Waals surface area contributed by atoms with E-state index in [1.54, 1.807) is 43.3 Å². The van der Waals surface area contributed by atoms with Gasteiger partial charge in [0, 0.05) is 0 Å². The number of H-pyrrole nitrogens is 1. The standard InChI is InChI=1S/C19H15Br2N3O5/c1-2-28-16(25)10-29-17-13(20)7-11(8-14(17)21)9-22-24-18(26)12-5-3-4-6-15(12)23-19(24)27/h3-9H,2,10H2,1H3,(H,23,27). The first-order valence-corrected chi connectivity index (χ1v) is 10.0. The van der Waals surface area contributed by atoms with Crippen molar-refractivity contribution in [3.8, 4) is 5.75 Å². The largest absolute Gasteiger partial charge is 0.480 e. The molecule has 0 saturated carbocycles. The summed E-state index contributed by atoms with van der Waals surface area (Å²) in [7, 11) is 0. The summed E-state index contributed by atoms with van der Waals surface area (Å²) in [5, 5.41) is 4.37. The normalized spacial score (nSPS) is 11.1. The molecule has 10 heteroatoms. The van der Waals surface area contributed by atoms with E-state index in [1.165, 1.54) is 6.21 Å². The lowest BCUT2D eigenvalue weighted by Crippen LogP contribution is -2.32. The maximum Gasteiger partial charge on any atom is 0.349 e. The van der Waals surface area contributed by atoms with Crippen LogP contribution in [0.1, 0.15) is 12.5 Å². The second kappa shape index (κ2) is 9.19. The Morgan fingerprint density at radius 1 is 1.21 bits per heavy atom. The number of carbonyl (C=O) groups excluding carboxylic acids is 1. The predicted molar refractivity (Wildman–Crippen MR) is 116 cm³/mol. The molecule has 0 fully saturated rings. The fraction of sp³-hybridized carbons (Fsp3) is 0.158. The van der Waals surface area contributed by atoms with E-state index < -0.39 is 17.2 Å². The number of hydrogen-bond donors (Lipinski definition) is 1. The van der Waals surface area contributed by atoms with Gasteiger partial charge < -0.3 is 14.5 Å². The molecule has 2 aromatic carbocycles. The second-order valence-electron chi connectivity index (χ2n) is 5.74. The molecular formula is C19H15Br2N3O5. The quantitative estimate of drug-likeness (QED) is 0.394. The number of esters is 1. The lowest BCUT2D eigenvalue weighted by Gasteiger charge is -2.10. The number of carbonyl (C=O) groups is 1. The smallest absolute Gasteiger partial charge is 0.349 e. The first kappa shape index (κ1) is 21.0. The van der Waals surface area contributed by atoms with Crippen molar-refractivity contribution in [1.29, 1.82) is 0 Å². The van der Waals surface area contributed by atoms with E-state index in [-0.39, 0.29) is 13.2 Å². The minimum Gasteiger partial charge on any atom is -0.480 e. The number of ether oxygens (including phenoxy) is 2. The van der Waals surface area contributed by atoms with E-state index in [1.807, 2.05) is 0 Å². The molecule has 0 saturated heterocycles. The van der Waals surface area contributed by atoms with E-state index in [4.69, 9.17) is 9.47 Å². The lowest BCUT2D eigenvalue weighted by molar-refractivity contribution is -0.145. The second-order valence-corrected chi connectivity index (χ2v) is 7.45. The SMILES string of the molecule is CCOC(=O)COc1c(Br)cc(C=Nn2c(=O)[nH]c3ccccc3c2=O)cc1Br. The Bertz CT molecular complexity index is 1190. The number of rotatable bonds is 6. The number of nitrogens with one attached hydrogen (secondary N) is 1. The number of fused-ring (bicyclic) bond motifs is 1. The Morgan fingerprint density at radius 2 is 1.90 bits per heavy atom. The highest BCUT2D eigenvalue weighted by molar-refractivity contribution is 9.11. The van der Waals surface area contributed by atoms with Gasteiger partial charge in [-0.15, -0.1) is 4.68 Å². The average Bonchev–Trinajstić information content (AvgIpc) is 2.67. The zero-order chi connectivity index (χ0) is 21.0. The maximum absolute atomic E-state index is 12.5. The topological polar surface area (TPSA) is 103 Å². The fourth-order valence-corrected chi connectivity index (χ4v) is 3.96. The van der Waals surface area contributed by atoms with Crippen LogP contribution in [-0.2, 0) is 9.53 Å². The van der Waals surface area contributed by atoms with Crippen molar-refractivity contribution < 1.29 is 14.3 Å². The van der Waals surface area contributed by atoms with Crippen LogP contribution in [0.3, 0.4) is 0 Å². The van der Waals surface area contributed by atoms with E-state index >= 15 is 0 Å². The van der Waals surface area contributed by atoms with E-state index in [0.717, 1.165) is 4.68 Å². The molecule has 3 rings (SSSR count). The number of hydrogen-bond acceptors (Lipinski definition) is 6. The molecule has 0 amide bonds. The van der Waals surface area contributed by atoms with Crippen LogP contribution in [0.4, 0.5) is 0 Å². The van der Waals surface area contributed by atoms with Crippen molar-refractivity contribution >= 4 is 54.9 Å². The molecule has 8 nitrogen and oxygen atoms in total. The molecule has 3 aromatic rings. The molecule has 0 unspecified atom stereocenters. The molecule has 0 spiro atoms. The number of aromatic amines is 1. The highest BCUT2D eigenvalue weighted by Crippen LogP contribution is 2.34. The summed E-state index contributed by atoms with van der Waals surface area (Å²) >= 11 is 6.74. The minimum atomic E-state index is -0.641. The number of benzene rings is 2. The molecule has 1 heterocycles. The van der Waals surface area contributed by atoms with Gasteiger partial charge in [0.15, 0.2) is 6.61 Å². The van der Waals surface area contributed by atoms with Gasteiger partial charge >= 0.3 is 11.7 Å². The molecule has 0 radical (unpaired) electrons. The van der Waals surface area contributed by atoms with Gasteiger partial charge in [0.2, 0.25) is 0 Å². The monoisotopic (exact) mass is 523 g/mol. The van der Waals surface area contributed by atoms with Gasteiger partial charge in [-0.3, -0.25) is 4.79 Å². The summed E-state index contributed by atoms with van der Waals surface area (Å²) in [6.45, 7) is 1.75. The number of para-hydroxylation sites is 1. The van der Waals surface area contributed by atoms with Crippen LogP contribution < -0.4 is 16.0 Å². The van der Waals surface area contributed by atoms with Gasteiger partial charge in [0.1, 0.15) is 5.75 Å². The number of nitrogens with zero attached hydrogens (tertiary/aromatic N) is 2. The van der Waals surface area contributed by atoms with Crippen LogP contribution in [0.15, 0.2) is 60.0 Å². The van der Waals surface area contributed by atoms with E-state index in [9.17, 15) is 14.4 Å². The van der Waals surface area contributed by atoms with Crippen LogP contribution in [0, 0.1) is 0 Å². The van der Waals surface area contributed by atoms with Crippen LogP contribution in [0.25, 0.3) is 10.9 Å². The highest BCUT2D eigenvalue weighted by Gasteiger charge is 2.12. The first-order chi connectivity index (χ1) is 13.9. The predicted octanol–water partition coefficient (Wildman–Crippen LogP) is 3.04. The van der Waals surface area contributed by atoms with Crippen LogP contribution in [-0.4, -0.2) is 35.1 Å². The van der Waals surface area contributed by atoms with Crippen molar-refractivity contribution in [1.82, 2.24) is 9.66 Å². The molecule has 1 aromatic heterocycles. The van der Waals surface area contributed by atoms with Crippen LogP contribution >= 0.6 is 31.9 Å². The van der Waals surface area contributed by atoms with Crippen molar-refractivity contribution in [3.05, 3.63) is 71.7 Å². The van der Waals surface area contributed by atoms with Gasteiger partial charge in [0.25, 0.3) is 5.56 Å². The molecule has 29 heavy (non-hydrogen) atoms. The van der Waals surface area contributed by atoms with Gasteiger partial charge in [-0.1, -0.05) is 12.1 Å². The Balaban J connectivity index is 1.88. The third kappa shape index (κ3) is 4.83. The van der Waals surface area contributed by atoms with E-state index in [0.29, 0.717) is 31.2 Å². The Hall–Kier alpha value is -2.72. The summed E-state index contributed by atoms with van der Waals surface area (Å²) in [6, 6.07) is 10.0. The fourth-order valence-electron chi connectivity index (χ4n) is 2.51. The summed E-state index contributed by atoms with van der Waals surface area (Å²) in [6.07, 6.45) is 1.37. The first-order valence-electron chi connectivity index (χ1n) is 8.46. The molecule has 150 valence electrons. The minimum absolute atomic E-state index is 0.236. The zero-order valence-electron chi connectivity index (χ0n) is 15.1. The third-order valence-corrected chi connectivity index (χ3v) is 4.94. The lowest BCUT2D eigenvalue weighted by atomic mass is 10.2. The Kier molecular flexibility index (Phi) is 6.65. The number of halogens is 2. The average molecular weight is 525 g/mol. The van der Waals surface area contributed by atoms with Gasteiger partial charge in [-0.25, -0.2) is 9.59 Å². The summed E-state index contributed by atoms with van der Waals surface area (Å²) < 4.78 is 12.2. The molecule has 0 bridgehead atoms. The summed E-state index contributed by atoms with van der Waals surface area (Å²) in [5.41, 5.74) is -0.125. The van der Waals surface area contributed by atoms with Gasteiger partial charge in [-0.2, -0.15) is 5.10 Å². The third-order valence-electron chi connectivity index (χ3n) is 3.77. The molecule has 0 aliphatic heterocycles. The zero-order valence-corrected chi connectivity index (χ0v) is 18.3. The Labute approximate surface area is 181 Å². The summed E-state index contributed by atoms with van der Waals surface area (Å²) in [4.78, 5) is 38.8. The number of aromatic nitrogens is 2. The maximum atomic E-state index is 12.5. The Morgan fingerprint density at radius 3 is 2.59 bits per heavy atom. The van der Waals surface area contributed by atoms with Crippen LogP contribution in [0.5, 0.6) is 5.75 Å².